The third-order valence-corrected chi connectivity index (χ3v) is 2.27. The smallest absolute Gasteiger partial charge is 0.312 e. The monoisotopic (exact) mass is 188 g/mol. The van der Waals surface area contributed by atoms with E-state index in [4.69, 9.17) is 0 Å². The molecule has 1 heterocycles. The molecule has 2 N–H and O–H groups in total. The van der Waals surface area contributed by atoms with E-state index in [1.165, 1.54) is 11.1 Å². The second-order valence-corrected chi connectivity index (χ2v) is 3.47. The average Bonchev–Trinajstić information content (AvgIpc) is 2.51. The van der Waals surface area contributed by atoms with Gasteiger partial charge in [0.15, 0.2) is 0 Å². The molecule has 0 spiro atoms. The molecule has 0 aliphatic carbocycles. The highest BCUT2D eigenvalue weighted by molar-refractivity contribution is 5.62. The van der Waals surface area contributed by atoms with Crippen molar-refractivity contribution in [3.63, 3.8) is 0 Å². The van der Waals surface area contributed by atoms with Crippen molar-refractivity contribution in [2.24, 2.45) is 0 Å². The molecule has 0 atom stereocenters. The Bertz CT molecular complexity index is 508. The standard InChI is InChI=1S/C11H12N2O/c1-7-3-4-9(8(2)5-7)10-6-12-11(14)13-10/h3-6H,1-2H3,(H2,12,13,14). The molecule has 72 valence electrons. The molecule has 0 bridgehead atoms. The van der Waals surface area contributed by atoms with Gasteiger partial charge in [-0.25, -0.2) is 4.79 Å². The third kappa shape index (κ3) is 1.48. The predicted octanol–water partition coefficient (Wildman–Crippen LogP) is 1.99. The van der Waals surface area contributed by atoms with Crippen LogP contribution in [-0.4, -0.2) is 9.97 Å². The lowest BCUT2D eigenvalue weighted by Gasteiger charge is -2.03. The van der Waals surface area contributed by atoms with Crippen LogP contribution in [0.3, 0.4) is 0 Å². The van der Waals surface area contributed by atoms with Crippen LogP contribution in [0.4, 0.5) is 0 Å². The van der Waals surface area contributed by atoms with Gasteiger partial charge in [0.2, 0.25) is 0 Å². The summed E-state index contributed by atoms with van der Waals surface area (Å²) in [6.07, 6.45) is 1.69. The van der Waals surface area contributed by atoms with Gasteiger partial charge in [-0.3, -0.25) is 0 Å². The normalized spacial score (nSPS) is 10.4. The molecule has 3 nitrogen and oxygen atoms in total. The van der Waals surface area contributed by atoms with Gasteiger partial charge in [0.25, 0.3) is 0 Å². The first-order chi connectivity index (χ1) is 6.66. The van der Waals surface area contributed by atoms with Gasteiger partial charge in [-0.05, 0) is 19.4 Å². The summed E-state index contributed by atoms with van der Waals surface area (Å²) in [5.41, 5.74) is 4.13. The Labute approximate surface area is 81.8 Å². The summed E-state index contributed by atoms with van der Waals surface area (Å²) >= 11 is 0. The zero-order valence-corrected chi connectivity index (χ0v) is 8.22. The predicted molar refractivity (Wildman–Crippen MR) is 56.3 cm³/mol. The van der Waals surface area contributed by atoms with E-state index >= 15 is 0 Å². The quantitative estimate of drug-likeness (QED) is 0.706. The van der Waals surface area contributed by atoms with E-state index in [0.29, 0.717) is 0 Å². The highest BCUT2D eigenvalue weighted by atomic mass is 16.1. The van der Waals surface area contributed by atoms with Gasteiger partial charge in [-0.1, -0.05) is 23.8 Å². The Morgan fingerprint density at radius 1 is 1.21 bits per heavy atom. The van der Waals surface area contributed by atoms with Gasteiger partial charge in [-0.15, -0.1) is 0 Å². The maximum Gasteiger partial charge on any atom is 0.323 e. The number of imidazole rings is 1. The van der Waals surface area contributed by atoms with Gasteiger partial charge < -0.3 is 9.97 Å². The fourth-order valence-electron chi connectivity index (χ4n) is 1.59. The number of aryl methyl sites for hydroxylation is 2. The lowest BCUT2D eigenvalue weighted by molar-refractivity contribution is 1.19. The Morgan fingerprint density at radius 2 is 2.00 bits per heavy atom. The topological polar surface area (TPSA) is 48.6 Å². The summed E-state index contributed by atoms with van der Waals surface area (Å²) in [6.45, 7) is 4.09. The lowest BCUT2D eigenvalue weighted by atomic mass is 10.0. The Kier molecular flexibility index (Phi) is 2.00. The molecule has 14 heavy (non-hydrogen) atoms. The highest BCUT2D eigenvalue weighted by Crippen LogP contribution is 2.20. The van der Waals surface area contributed by atoms with Crippen LogP contribution in [0.2, 0.25) is 0 Å². The van der Waals surface area contributed by atoms with Gasteiger partial charge in [0.05, 0.1) is 5.69 Å². The Morgan fingerprint density at radius 3 is 2.57 bits per heavy atom. The van der Waals surface area contributed by atoms with Crippen molar-refractivity contribution in [1.29, 1.82) is 0 Å². The molecule has 0 saturated carbocycles. The highest BCUT2D eigenvalue weighted by Gasteiger charge is 2.03. The molecule has 0 saturated heterocycles. The molecular formula is C11H12N2O. The van der Waals surface area contributed by atoms with Crippen LogP contribution >= 0.6 is 0 Å². The molecule has 1 aromatic heterocycles. The zero-order valence-electron chi connectivity index (χ0n) is 8.22. The van der Waals surface area contributed by atoms with Crippen molar-refractivity contribution in [2.45, 2.75) is 13.8 Å². The summed E-state index contributed by atoms with van der Waals surface area (Å²) in [7, 11) is 0. The van der Waals surface area contributed by atoms with Crippen LogP contribution in [0.5, 0.6) is 0 Å². The number of hydrogen-bond acceptors (Lipinski definition) is 1. The van der Waals surface area contributed by atoms with E-state index in [9.17, 15) is 4.79 Å². The van der Waals surface area contributed by atoms with E-state index in [0.717, 1.165) is 11.3 Å². The number of nitrogens with one attached hydrogen (secondary N) is 2. The summed E-state index contributed by atoms with van der Waals surface area (Å²) in [5, 5.41) is 0. The van der Waals surface area contributed by atoms with Gasteiger partial charge >= 0.3 is 5.69 Å². The summed E-state index contributed by atoms with van der Waals surface area (Å²) in [4.78, 5) is 16.3. The largest absolute Gasteiger partial charge is 0.323 e. The van der Waals surface area contributed by atoms with Crippen LogP contribution in [0, 0.1) is 13.8 Å². The first-order valence-electron chi connectivity index (χ1n) is 4.52. The maximum absolute atomic E-state index is 10.9. The van der Waals surface area contributed by atoms with E-state index in [-0.39, 0.29) is 5.69 Å². The number of aromatic amines is 2. The fourth-order valence-corrected chi connectivity index (χ4v) is 1.59. The van der Waals surface area contributed by atoms with E-state index in [1.54, 1.807) is 6.20 Å². The average molecular weight is 188 g/mol. The maximum atomic E-state index is 10.9. The minimum Gasteiger partial charge on any atom is -0.312 e. The number of aromatic nitrogens is 2. The van der Waals surface area contributed by atoms with Gasteiger partial charge in [-0.2, -0.15) is 0 Å². The summed E-state index contributed by atoms with van der Waals surface area (Å²) in [6, 6.07) is 6.15. The first-order valence-corrected chi connectivity index (χ1v) is 4.52. The molecule has 0 amide bonds. The molecule has 0 fully saturated rings. The third-order valence-electron chi connectivity index (χ3n) is 2.27. The summed E-state index contributed by atoms with van der Waals surface area (Å²) < 4.78 is 0. The number of H-pyrrole nitrogens is 2. The van der Waals surface area contributed by atoms with Crippen LogP contribution in [0.25, 0.3) is 11.3 Å². The summed E-state index contributed by atoms with van der Waals surface area (Å²) in [5.74, 6) is 0. The van der Waals surface area contributed by atoms with Crippen LogP contribution in [-0.2, 0) is 0 Å². The molecule has 0 aliphatic heterocycles. The van der Waals surface area contributed by atoms with Crippen LogP contribution in [0.1, 0.15) is 11.1 Å². The Hall–Kier alpha value is -1.77. The molecular weight excluding hydrogens is 176 g/mol. The second kappa shape index (κ2) is 3.18. The first kappa shape index (κ1) is 8.81. The molecule has 2 rings (SSSR count). The van der Waals surface area contributed by atoms with E-state index < -0.39 is 0 Å². The second-order valence-electron chi connectivity index (χ2n) is 3.47. The van der Waals surface area contributed by atoms with Crippen molar-refractivity contribution in [2.75, 3.05) is 0 Å². The molecule has 2 aromatic rings. The van der Waals surface area contributed by atoms with E-state index in [1.807, 2.05) is 19.1 Å². The lowest BCUT2D eigenvalue weighted by Crippen LogP contribution is -2.00. The Balaban J connectivity index is 2.57. The number of rotatable bonds is 1. The molecule has 1 aromatic carbocycles. The fraction of sp³-hybridized carbons (Fsp3) is 0.182. The van der Waals surface area contributed by atoms with Crippen molar-refractivity contribution in [3.8, 4) is 11.3 Å². The number of benzene rings is 1. The van der Waals surface area contributed by atoms with E-state index in [2.05, 4.69) is 23.0 Å². The van der Waals surface area contributed by atoms with Gasteiger partial charge in [0.1, 0.15) is 0 Å². The number of hydrogen-bond donors (Lipinski definition) is 2. The molecule has 0 aliphatic rings. The molecule has 0 radical (unpaired) electrons. The SMILES string of the molecule is Cc1ccc(-c2c[nH]c(=O)[nH]2)c(C)c1. The zero-order chi connectivity index (χ0) is 10.1. The minimum absolute atomic E-state index is 0.167. The van der Waals surface area contributed by atoms with Crippen LogP contribution in [0.15, 0.2) is 29.2 Å². The van der Waals surface area contributed by atoms with Crippen molar-refractivity contribution < 1.29 is 0 Å². The van der Waals surface area contributed by atoms with Crippen molar-refractivity contribution in [1.82, 2.24) is 9.97 Å². The molecule has 0 unspecified atom stereocenters. The molecule has 3 heteroatoms. The van der Waals surface area contributed by atoms with Crippen molar-refractivity contribution >= 4 is 0 Å². The van der Waals surface area contributed by atoms with Crippen LogP contribution < -0.4 is 5.69 Å². The minimum atomic E-state index is -0.167. The van der Waals surface area contributed by atoms with Crippen molar-refractivity contribution in [3.05, 3.63) is 46.0 Å². The van der Waals surface area contributed by atoms with Gasteiger partial charge in [0, 0.05) is 11.8 Å².